The summed E-state index contributed by atoms with van der Waals surface area (Å²) in [7, 11) is 1.52. The minimum Gasteiger partial charge on any atom is -0.493 e. The molecule has 4 aromatic rings. The normalized spacial score (nSPS) is 11.4. The summed E-state index contributed by atoms with van der Waals surface area (Å²) >= 11 is 0. The quantitative estimate of drug-likeness (QED) is 0.493. The highest BCUT2D eigenvalue weighted by Crippen LogP contribution is 2.29. The molecule has 1 aromatic heterocycles. The van der Waals surface area contributed by atoms with E-state index in [1.165, 1.54) is 13.2 Å². The number of benzene rings is 3. The van der Waals surface area contributed by atoms with Crippen molar-refractivity contribution in [2.75, 3.05) is 7.11 Å². The van der Waals surface area contributed by atoms with E-state index >= 15 is 0 Å². The van der Waals surface area contributed by atoms with Gasteiger partial charge in [0.25, 0.3) is 0 Å². The molecule has 0 radical (unpaired) electrons. The van der Waals surface area contributed by atoms with E-state index in [2.05, 4.69) is 0 Å². The van der Waals surface area contributed by atoms with Crippen LogP contribution in [0.4, 0.5) is 4.39 Å². The number of para-hydroxylation sites is 1. The lowest BCUT2D eigenvalue weighted by atomic mass is 10.1. The molecule has 22 heavy (non-hydrogen) atoms. The van der Waals surface area contributed by atoms with Gasteiger partial charge < -0.3 is 9.15 Å². The summed E-state index contributed by atoms with van der Waals surface area (Å²) in [6.07, 6.45) is 0. The van der Waals surface area contributed by atoms with Crippen LogP contribution in [0.5, 0.6) is 5.75 Å². The lowest BCUT2D eigenvalue weighted by Crippen LogP contribution is -2.03. The highest BCUT2D eigenvalue weighted by atomic mass is 19.1. The van der Waals surface area contributed by atoms with Crippen molar-refractivity contribution in [2.24, 2.45) is 0 Å². The fourth-order valence-electron chi connectivity index (χ4n) is 2.74. The molecular weight excluding hydrogens is 283 g/mol. The van der Waals surface area contributed by atoms with Crippen LogP contribution in [-0.2, 0) is 0 Å². The minimum atomic E-state index is -0.357. The zero-order chi connectivity index (χ0) is 15.3. The first-order valence-corrected chi connectivity index (χ1v) is 6.81. The molecule has 0 bridgehead atoms. The summed E-state index contributed by atoms with van der Waals surface area (Å²) in [5.41, 5.74) is 0.624. The molecule has 3 nitrogen and oxygen atoms in total. The number of methoxy groups -OCH3 is 1. The molecule has 0 saturated heterocycles. The molecule has 4 rings (SSSR count). The highest BCUT2D eigenvalue weighted by molar-refractivity contribution is 6.00. The summed E-state index contributed by atoms with van der Waals surface area (Å²) in [6, 6.07) is 13.1. The van der Waals surface area contributed by atoms with Crippen molar-refractivity contribution in [1.29, 1.82) is 0 Å². The third-order valence-corrected chi connectivity index (χ3v) is 3.83. The van der Waals surface area contributed by atoms with Crippen LogP contribution in [-0.4, -0.2) is 7.11 Å². The van der Waals surface area contributed by atoms with Crippen LogP contribution in [0.1, 0.15) is 0 Å². The first-order chi connectivity index (χ1) is 10.7. The molecular formula is C18H11FO3. The Labute approximate surface area is 124 Å². The number of fused-ring (bicyclic) bond motifs is 3. The van der Waals surface area contributed by atoms with E-state index in [-0.39, 0.29) is 11.2 Å². The lowest BCUT2D eigenvalue weighted by molar-refractivity contribution is 0.411. The molecule has 108 valence electrons. The second-order valence-corrected chi connectivity index (χ2v) is 5.08. The molecule has 0 atom stereocenters. The Morgan fingerprint density at radius 2 is 1.82 bits per heavy atom. The van der Waals surface area contributed by atoms with E-state index in [9.17, 15) is 9.18 Å². The molecule has 0 unspecified atom stereocenters. The standard InChI is InChI=1S/C18H11FO3/c1-21-15-7-3-5-11-17(20)13-9-12-10(4-2-6-14(12)19)8-16(13)22-18(11)15/h2-9H,1H3. The monoisotopic (exact) mass is 294 g/mol. The van der Waals surface area contributed by atoms with Gasteiger partial charge in [-0.2, -0.15) is 0 Å². The maximum Gasteiger partial charge on any atom is 0.200 e. The number of hydrogen-bond donors (Lipinski definition) is 0. The van der Waals surface area contributed by atoms with Crippen LogP contribution in [0.3, 0.4) is 0 Å². The summed E-state index contributed by atoms with van der Waals surface area (Å²) < 4.78 is 25.0. The van der Waals surface area contributed by atoms with Crippen molar-refractivity contribution >= 4 is 32.7 Å². The first kappa shape index (κ1) is 12.8. The van der Waals surface area contributed by atoms with E-state index in [4.69, 9.17) is 9.15 Å². The Morgan fingerprint density at radius 1 is 1.00 bits per heavy atom. The van der Waals surface area contributed by atoms with E-state index in [0.717, 1.165) is 0 Å². The van der Waals surface area contributed by atoms with Gasteiger partial charge >= 0.3 is 0 Å². The summed E-state index contributed by atoms with van der Waals surface area (Å²) in [4.78, 5) is 12.7. The molecule has 0 aliphatic heterocycles. The first-order valence-electron chi connectivity index (χ1n) is 6.81. The van der Waals surface area contributed by atoms with Crippen molar-refractivity contribution < 1.29 is 13.5 Å². The Balaban J connectivity index is 2.25. The zero-order valence-corrected chi connectivity index (χ0v) is 11.7. The van der Waals surface area contributed by atoms with Gasteiger partial charge in [-0.25, -0.2) is 4.39 Å². The van der Waals surface area contributed by atoms with Crippen LogP contribution in [0.15, 0.2) is 57.7 Å². The molecule has 0 spiro atoms. The molecule has 0 aliphatic rings. The van der Waals surface area contributed by atoms with Crippen LogP contribution in [0, 0.1) is 5.82 Å². The van der Waals surface area contributed by atoms with Crippen LogP contribution < -0.4 is 10.2 Å². The van der Waals surface area contributed by atoms with E-state index in [1.54, 1.807) is 42.5 Å². The van der Waals surface area contributed by atoms with Crippen LogP contribution >= 0.6 is 0 Å². The number of hydrogen-bond acceptors (Lipinski definition) is 3. The van der Waals surface area contributed by atoms with E-state index in [0.29, 0.717) is 38.5 Å². The Kier molecular flexibility index (Phi) is 2.66. The second kappa shape index (κ2) is 4.56. The van der Waals surface area contributed by atoms with Crippen molar-refractivity contribution in [3.63, 3.8) is 0 Å². The lowest BCUT2D eigenvalue weighted by Gasteiger charge is -2.07. The molecule has 3 aromatic carbocycles. The number of rotatable bonds is 1. The van der Waals surface area contributed by atoms with Gasteiger partial charge in [-0.15, -0.1) is 0 Å². The molecule has 0 aliphatic carbocycles. The Hall–Kier alpha value is -2.88. The predicted molar refractivity (Wildman–Crippen MR) is 84.0 cm³/mol. The molecule has 0 fully saturated rings. The van der Waals surface area contributed by atoms with Crippen molar-refractivity contribution in [3.05, 3.63) is 64.6 Å². The van der Waals surface area contributed by atoms with Crippen molar-refractivity contribution in [1.82, 2.24) is 0 Å². The van der Waals surface area contributed by atoms with Crippen molar-refractivity contribution in [3.8, 4) is 5.75 Å². The largest absolute Gasteiger partial charge is 0.493 e. The van der Waals surface area contributed by atoms with Gasteiger partial charge in [-0.3, -0.25) is 4.79 Å². The third kappa shape index (κ3) is 1.70. The zero-order valence-electron chi connectivity index (χ0n) is 11.7. The van der Waals surface area contributed by atoms with Gasteiger partial charge in [0.15, 0.2) is 11.3 Å². The third-order valence-electron chi connectivity index (χ3n) is 3.83. The molecule has 0 saturated carbocycles. The van der Waals surface area contributed by atoms with Gasteiger partial charge in [0.2, 0.25) is 5.43 Å². The van der Waals surface area contributed by atoms with Gasteiger partial charge in [0.05, 0.1) is 17.9 Å². The highest BCUT2D eigenvalue weighted by Gasteiger charge is 2.13. The van der Waals surface area contributed by atoms with Gasteiger partial charge in [-0.1, -0.05) is 18.2 Å². The summed E-state index contributed by atoms with van der Waals surface area (Å²) in [5, 5.41) is 1.87. The molecule has 4 heteroatoms. The smallest absolute Gasteiger partial charge is 0.200 e. The minimum absolute atomic E-state index is 0.194. The summed E-state index contributed by atoms with van der Waals surface area (Å²) in [5.74, 6) is 0.139. The topological polar surface area (TPSA) is 39.4 Å². The SMILES string of the molecule is COc1cccc2c(=O)c3cc4c(F)cccc4cc3oc12. The average molecular weight is 294 g/mol. The Morgan fingerprint density at radius 3 is 2.64 bits per heavy atom. The predicted octanol–water partition coefficient (Wildman–Crippen LogP) is 4.25. The fraction of sp³-hybridized carbons (Fsp3) is 0.0556. The number of halogens is 1. The van der Waals surface area contributed by atoms with Crippen LogP contribution in [0.2, 0.25) is 0 Å². The van der Waals surface area contributed by atoms with Gasteiger partial charge in [-0.05, 0) is 35.7 Å². The molecule has 0 amide bonds. The Bertz CT molecular complexity index is 1100. The number of ether oxygens (including phenoxy) is 1. The molecule has 0 N–H and O–H groups in total. The summed E-state index contributed by atoms with van der Waals surface area (Å²) in [6.45, 7) is 0. The van der Waals surface area contributed by atoms with Crippen molar-refractivity contribution in [2.45, 2.75) is 0 Å². The maximum absolute atomic E-state index is 13.9. The van der Waals surface area contributed by atoms with E-state index < -0.39 is 0 Å². The van der Waals surface area contributed by atoms with Crippen LogP contribution in [0.25, 0.3) is 32.7 Å². The fourth-order valence-corrected chi connectivity index (χ4v) is 2.74. The molecule has 1 heterocycles. The average Bonchev–Trinajstić information content (AvgIpc) is 2.54. The van der Waals surface area contributed by atoms with Gasteiger partial charge in [0.1, 0.15) is 11.4 Å². The van der Waals surface area contributed by atoms with Gasteiger partial charge in [0, 0.05) is 5.39 Å². The maximum atomic E-state index is 13.9. The second-order valence-electron chi connectivity index (χ2n) is 5.08. The van der Waals surface area contributed by atoms with E-state index in [1.807, 2.05) is 0 Å².